The summed E-state index contributed by atoms with van der Waals surface area (Å²) in [7, 11) is 0. The van der Waals surface area contributed by atoms with Crippen LogP contribution in [-0.4, -0.2) is 31.3 Å². The minimum atomic E-state index is -0.593. The fourth-order valence-electron chi connectivity index (χ4n) is 2.31. The van der Waals surface area contributed by atoms with E-state index < -0.39 is 5.54 Å². The van der Waals surface area contributed by atoms with Gasteiger partial charge < -0.3 is 9.47 Å². The molecule has 0 saturated carbocycles. The summed E-state index contributed by atoms with van der Waals surface area (Å²) in [6.07, 6.45) is 1.33. The van der Waals surface area contributed by atoms with E-state index in [-0.39, 0.29) is 5.97 Å². The molecule has 0 unspecified atom stereocenters. The Balaban J connectivity index is 2.03. The van der Waals surface area contributed by atoms with Crippen molar-refractivity contribution in [1.82, 2.24) is 5.32 Å². The Morgan fingerprint density at radius 1 is 1.32 bits per heavy atom. The summed E-state index contributed by atoms with van der Waals surface area (Å²) < 4.78 is 10.6. The van der Waals surface area contributed by atoms with Crippen LogP contribution < -0.4 is 5.32 Å². The smallest absolute Gasteiger partial charge is 0.326 e. The fraction of sp³-hybridized carbons (Fsp3) is 0.533. The van der Waals surface area contributed by atoms with Crippen molar-refractivity contribution in [2.24, 2.45) is 0 Å². The lowest BCUT2D eigenvalue weighted by atomic mass is 9.89. The van der Waals surface area contributed by atoms with E-state index in [0.29, 0.717) is 39.2 Å². The van der Waals surface area contributed by atoms with E-state index in [9.17, 15) is 4.79 Å². The Hall–Kier alpha value is -1.39. The molecule has 1 aromatic rings. The van der Waals surface area contributed by atoms with Crippen molar-refractivity contribution >= 4 is 5.97 Å². The highest BCUT2D eigenvalue weighted by atomic mass is 16.5. The molecule has 4 nitrogen and oxygen atoms in total. The van der Waals surface area contributed by atoms with Crippen molar-refractivity contribution in [3.8, 4) is 0 Å². The highest BCUT2D eigenvalue weighted by Gasteiger charge is 2.40. The van der Waals surface area contributed by atoms with Gasteiger partial charge >= 0.3 is 5.97 Å². The van der Waals surface area contributed by atoms with Crippen LogP contribution >= 0.6 is 0 Å². The Bertz CT molecular complexity index is 399. The first-order valence-corrected chi connectivity index (χ1v) is 6.81. The van der Waals surface area contributed by atoms with Crippen molar-refractivity contribution in [3.05, 3.63) is 35.9 Å². The van der Waals surface area contributed by atoms with Gasteiger partial charge in [0.1, 0.15) is 5.54 Å². The number of carbonyl (C=O) groups excluding carboxylic acids is 1. The van der Waals surface area contributed by atoms with Crippen LogP contribution in [0.3, 0.4) is 0 Å². The normalized spacial score (nSPS) is 17.9. The topological polar surface area (TPSA) is 47.6 Å². The summed E-state index contributed by atoms with van der Waals surface area (Å²) in [5.41, 5.74) is 0.571. The Labute approximate surface area is 114 Å². The summed E-state index contributed by atoms with van der Waals surface area (Å²) in [4.78, 5) is 12.2. The number of rotatable bonds is 5. The number of benzene rings is 1. The van der Waals surface area contributed by atoms with Crippen LogP contribution in [-0.2, 0) is 20.8 Å². The van der Waals surface area contributed by atoms with Crippen LogP contribution in [0.5, 0.6) is 0 Å². The average molecular weight is 263 g/mol. The first-order valence-electron chi connectivity index (χ1n) is 6.81. The zero-order valence-corrected chi connectivity index (χ0v) is 11.4. The first-order chi connectivity index (χ1) is 9.27. The zero-order chi connectivity index (χ0) is 13.6. The van der Waals surface area contributed by atoms with Crippen LogP contribution in [0.15, 0.2) is 30.3 Å². The second-order valence-corrected chi connectivity index (χ2v) is 4.75. The molecule has 0 aliphatic carbocycles. The minimum Gasteiger partial charge on any atom is -0.465 e. The highest BCUT2D eigenvalue weighted by molar-refractivity contribution is 5.81. The van der Waals surface area contributed by atoms with Crippen molar-refractivity contribution in [2.45, 2.75) is 31.8 Å². The maximum absolute atomic E-state index is 12.2. The lowest BCUT2D eigenvalue weighted by Gasteiger charge is -2.35. The number of nitrogens with one attached hydrogen (secondary N) is 1. The summed E-state index contributed by atoms with van der Waals surface area (Å²) >= 11 is 0. The predicted molar refractivity (Wildman–Crippen MR) is 72.7 cm³/mol. The van der Waals surface area contributed by atoms with Gasteiger partial charge in [0.25, 0.3) is 0 Å². The van der Waals surface area contributed by atoms with Gasteiger partial charge in [-0.25, -0.2) is 0 Å². The zero-order valence-electron chi connectivity index (χ0n) is 11.4. The highest BCUT2D eigenvalue weighted by Crippen LogP contribution is 2.23. The number of hydrogen-bond donors (Lipinski definition) is 1. The Morgan fingerprint density at radius 2 is 2.00 bits per heavy atom. The van der Waals surface area contributed by atoms with E-state index in [1.54, 1.807) is 0 Å². The first kappa shape index (κ1) is 14.0. The number of carbonyl (C=O) groups is 1. The standard InChI is InChI=1S/C15H21NO3/c1-2-19-14(17)15(8-10-18-11-9-15)16-12-13-6-4-3-5-7-13/h3-7,16H,2,8-12H2,1H3. The van der Waals surface area contributed by atoms with E-state index in [1.165, 1.54) is 0 Å². The van der Waals surface area contributed by atoms with Crippen LogP contribution in [0.1, 0.15) is 25.3 Å². The third kappa shape index (κ3) is 3.55. The molecule has 1 fully saturated rings. The van der Waals surface area contributed by atoms with E-state index in [0.717, 1.165) is 5.56 Å². The molecule has 104 valence electrons. The molecule has 0 atom stereocenters. The molecule has 1 aliphatic rings. The lowest BCUT2D eigenvalue weighted by molar-refractivity contribution is -0.155. The molecule has 0 amide bonds. The van der Waals surface area contributed by atoms with E-state index in [1.807, 2.05) is 37.3 Å². The average Bonchev–Trinajstić information content (AvgIpc) is 2.47. The van der Waals surface area contributed by atoms with Crippen LogP contribution in [0, 0.1) is 0 Å². The summed E-state index contributed by atoms with van der Waals surface area (Å²) in [6, 6.07) is 10.1. The van der Waals surface area contributed by atoms with Gasteiger partial charge in [-0.2, -0.15) is 0 Å². The third-order valence-electron chi connectivity index (χ3n) is 3.49. The van der Waals surface area contributed by atoms with Gasteiger partial charge in [0.2, 0.25) is 0 Å². The summed E-state index contributed by atoms with van der Waals surface area (Å²) in [5, 5.41) is 3.38. The molecule has 2 rings (SSSR count). The molecule has 1 aliphatic heterocycles. The number of esters is 1. The minimum absolute atomic E-state index is 0.158. The maximum atomic E-state index is 12.2. The monoisotopic (exact) mass is 263 g/mol. The second kappa shape index (κ2) is 6.68. The summed E-state index contributed by atoms with van der Waals surface area (Å²) in [6.45, 7) is 4.11. The van der Waals surface area contributed by atoms with Crippen molar-refractivity contribution in [2.75, 3.05) is 19.8 Å². The Morgan fingerprint density at radius 3 is 2.63 bits per heavy atom. The molecular formula is C15H21NO3. The van der Waals surface area contributed by atoms with E-state index in [2.05, 4.69) is 5.32 Å². The predicted octanol–water partition coefficient (Wildman–Crippen LogP) is 1.89. The molecular weight excluding hydrogens is 242 g/mol. The van der Waals surface area contributed by atoms with Crippen molar-refractivity contribution < 1.29 is 14.3 Å². The van der Waals surface area contributed by atoms with Gasteiger partial charge in [-0.05, 0) is 25.3 Å². The second-order valence-electron chi connectivity index (χ2n) is 4.75. The maximum Gasteiger partial charge on any atom is 0.326 e. The van der Waals surface area contributed by atoms with Gasteiger partial charge in [-0.15, -0.1) is 0 Å². The molecule has 1 heterocycles. The molecule has 0 aromatic heterocycles. The summed E-state index contributed by atoms with van der Waals surface area (Å²) in [5.74, 6) is -0.158. The number of hydrogen-bond acceptors (Lipinski definition) is 4. The molecule has 0 spiro atoms. The quantitative estimate of drug-likeness (QED) is 0.824. The SMILES string of the molecule is CCOC(=O)C1(NCc2ccccc2)CCOCC1. The van der Waals surface area contributed by atoms with Gasteiger partial charge in [-0.1, -0.05) is 30.3 Å². The van der Waals surface area contributed by atoms with Crippen molar-refractivity contribution in [1.29, 1.82) is 0 Å². The molecule has 1 N–H and O–H groups in total. The Kier molecular flexibility index (Phi) is 4.93. The van der Waals surface area contributed by atoms with E-state index in [4.69, 9.17) is 9.47 Å². The molecule has 1 saturated heterocycles. The molecule has 19 heavy (non-hydrogen) atoms. The van der Waals surface area contributed by atoms with Gasteiger partial charge in [-0.3, -0.25) is 10.1 Å². The molecule has 0 bridgehead atoms. The van der Waals surface area contributed by atoms with Crippen LogP contribution in [0.4, 0.5) is 0 Å². The largest absolute Gasteiger partial charge is 0.465 e. The van der Waals surface area contributed by atoms with Gasteiger partial charge in [0.05, 0.1) is 6.61 Å². The van der Waals surface area contributed by atoms with Crippen LogP contribution in [0.25, 0.3) is 0 Å². The van der Waals surface area contributed by atoms with Crippen LogP contribution in [0.2, 0.25) is 0 Å². The van der Waals surface area contributed by atoms with Gasteiger partial charge in [0, 0.05) is 19.8 Å². The molecule has 0 radical (unpaired) electrons. The lowest BCUT2D eigenvalue weighted by Crippen LogP contribution is -2.55. The van der Waals surface area contributed by atoms with Crippen molar-refractivity contribution in [3.63, 3.8) is 0 Å². The van der Waals surface area contributed by atoms with Gasteiger partial charge in [0.15, 0.2) is 0 Å². The molecule has 1 aromatic carbocycles. The molecule has 4 heteroatoms. The van der Waals surface area contributed by atoms with E-state index >= 15 is 0 Å². The fourth-order valence-corrected chi connectivity index (χ4v) is 2.31. The number of ether oxygens (including phenoxy) is 2. The third-order valence-corrected chi connectivity index (χ3v) is 3.49.